The van der Waals surface area contributed by atoms with Crippen LogP contribution in [0.3, 0.4) is 0 Å². The molecule has 0 aliphatic rings. The first-order chi connectivity index (χ1) is 6.54. The van der Waals surface area contributed by atoms with E-state index in [1.54, 1.807) is 0 Å². The minimum Gasteiger partial charge on any atom is -0.391 e. The van der Waals surface area contributed by atoms with E-state index >= 15 is 0 Å². The van der Waals surface area contributed by atoms with Crippen LogP contribution >= 0.6 is 12.2 Å². The van der Waals surface area contributed by atoms with Crippen molar-refractivity contribution >= 4 is 17.6 Å². The Labute approximate surface area is 82.0 Å². The third-order valence-electron chi connectivity index (χ3n) is 1.66. The molecule has 0 saturated carbocycles. The molecule has 0 spiro atoms. The Hall–Kier alpha value is -1.01. The summed E-state index contributed by atoms with van der Waals surface area (Å²) in [5, 5.41) is 8.96. The van der Waals surface area contributed by atoms with Crippen molar-refractivity contribution in [3.63, 3.8) is 0 Å². The van der Waals surface area contributed by atoms with Crippen molar-refractivity contribution in [2.45, 2.75) is 6.61 Å². The van der Waals surface area contributed by atoms with E-state index < -0.39 is 41.0 Å². The van der Waals surface area contributed by atoms with E-state index in [-0.39, 0.29) is 0 Å². The minimum atomic E-state index is -1.62. The van der Waals surface area contributed by atoms with Crippen LogP contribution in [0.2, 0.25) is 0 Å². The zero-order chi connectivity index (χ0) is 10.9. The number of thiocarbonyl (C=S) groups is 1. The lowest BCUT2D eigenvalue weighted by molar-refractivity contribution is 0.262. The van der Waals surface area contributed by atoms with E-state index in [4.69, 9.17) is 5.11 Å². The van der Waals surface area contributed by atoms with Crippen LogP contribution < -0.4 is 0 Å². The molecule has 0 aliphatic carbocycles. The summed E-state index contributed by atoms with van der Waals surface area (Å²) in [6, 6.07) is 0. The molecule has 1 aromatic carbocycles. The Morgan fingerprint density at radius 1 is 1.00 bits per heavy atom. The lowest BCUT2D eigenvalue weighted by atomic mass is 10.1. The van der Waals surface area contributed by atoms with Crippen molar-refractivity contribution in [2.75, 3.05) is 0 Å². The maximum atomic E-state index is 12.9. The second kappa shape index (κ2) is 4.02. The van der Waals surface area contributed by atoms with Crippen LogP contribution in [-0.2, 0) is 6.61 Å². The Morgan fingerprint density at radius 2 is 1.43 bits per heavy atom. The van der Waals surface area contributed by atoms with Gasteiger partial charge in [0.2, 0.25) is 0 Å². The molecule has 0 unspecified atom stereocenters. The zero-order valence-corrected chi connectivity index (χ0v) is 7.47. The van der Waals surface area contributed by atoms with Crippen LogP contribution in [0.15, 0.2) is 0 Å². The molecule has 0 atom stereocenters. The van der Waals surface area contributed by atoms with Crippen molar-refractivity contribution in [3.8, 4) is 0 Å². The van der Waals surface area contributed by atoms with Crippen LogP contribution in [-0.4, -0.2) is 10.5 Å². The van der Waals surface area contributed by atoms with E-state index in [2.05, 4.69) is 12.2 Å². The molecule has 0 saturated heterocycles. The van der Waals surface area contributed by atoms with Gasteiger partial charge >= 0.3 is 0 Å². The van der Waals surface area contributed by atoms with E-state index in [1.165, 1.54) is 0 Å². The summed E-state index contributed by atoms with van der Waals surface area (Å²) in [4.78, 5) is 0. The molecule has 1 rings (SSSR count). The average molecular weight is 224 g/mol. The summed E-state index contributed by atoms with van der Waals surface area (Å²) in [5.74, 6) is -6.43. The highest BCUT2D eigenvalue weighted by molar-refractivity contribution is 7.79. The van der Waals surface area contributed by atoms with Crippen molar-refractivity contribution in [1.29, 1.82) is 0 Å². The molecule has 0 heterocycles. The van der Waals surface area contributed by atoms with Crippen molar-refractivity contribution in [2.24, 2.45) is 0 Å². The highest BCUT2D eigenvalue weighted by atomic mass is 32.1. The van der Waals surface area contributed by atoms with Crippen molar-refractivity contribution < 1.29 is 22.7 Å². The van der Waals surface area contributed by atoms with Gasteiger partial charge in [0.1, 0.15) is 0 Å². The summed E-state index contributed by atoms with van der Waals surface area (Å²) in [6.45, 7) is -1.12. The molecule has 0 bridgehead atoms. The number of hydrogen-bond acceptors (Lipinski definition) is 2. The van der Waals surface area contributed by atoms with Gasteiger partial charge in [-0.15, -0.1) is 0 Å². The Morgan fingerprint density at radius 3 is 1.71 bits per heavy atom. The van der Waals surface area contributed by atoms with Gasteiger partial charge in [0.25, 0.3) is 0 Å². The van der Waals surface area contributed by atoms with E-state index in [0.717, 1.165) is 0 Å². The molecule has 0 aliphatic heterocycles. The number of aliphatic hydroxyl groups is 1. The lowest BCUT2D eigenvalue weighted by Gasteiger charge is -2.06. The van der Waals surface area contributed by atoms with Gasteiger partial charge in [-0.1, -0.05) is 12.2 Å². The smallest absolute Gasteiger partial charge is 0.170 e. The molecule has 1 N–H and O–H groups in total. The van der Waals surface area contributed by atoms with Gasteiger partial charge in [0.05, 0.1) is 17.7 Å². The fourth-order valence-corrected chi connectivity index (χ4v) is 1.14. The maximum Gasteiger partial charge on any atom is 0.170 e. The topological polar surface area (TPSA) is 20.2 Å². The second-order valence-corrected chi connectivity index (χ2v) is 2.66. The second-order valence-electron chi connectivity index (χ2n) is 2.42. The standard InChI is InChI=1S/C8H4F4OS/c9-5-3(1-13)6(10)8(12)4(2-14)7(5)11/h2,13H,1H2. The number of aliphatic hydroxyl groups excluding tert-OH is 1. The van der Waals surface area contributed by atoms with E-state index in [0.29, 0.717) is 5.37 Å². The first-order valence-corrected chi connectivity index (χ1v) is 3.92. The number of benzene rings is 1. The monoisotopic (exact) mass is 224 g/mol. The average Bonchev–Trinajstić information content (AvgIpc) is 2.17. The van der Waals surface area contributed by atoms with Crippen LogP contribution in [0.1, 0.15) is 11.1 Å². The van der Waals surface area contributed by atoms with Gasteiger partial charge in [-0.3, -0.25) is 0 Å². The first kappa shape index (κ1) is 11.1. The highest BCUT2D eigenvalue weighted by Gasteiger charge is 2.23. The normalized spacial score (nSPS) is 10.4. The molecule has 1 nitrogen and oxygen atoms in total. The fraction of sp³-hybridized carbons (Fsp3) is 0.125. The molecule has 0 amide bonds. The van der Waals surface area contributed by atoms with Crippen LogP contribution in [0.25, 0.3) is 0 Å². The SMILES string of the molecule is OCc1c(F)c(F)c(C=S)c(F)c1F. The first-order valence-electron chi connectivity index (χ1n) is 3.45. The Kier molecular flexibility index (Phi) is 3.17. The van der Waals surface area contributed by atoms with E-state index in [9.17, 15) is 17.6 Å². The van der Waals surface area contributed by atoms with Gasteiger partial charge in [-0.25, -0.2) is 17.6 Å². The fourth-order valence-electron chi connectivity index (χ4n) is 0.936. The molecule has 0 aromatic heterocycles. The number of rotatable bonds is 2. The molecule has 76 valence electrons. The van der Waals surface area contributed by atoms with Crippen LogP contribution in [0.5, 0.6) is 0 Å². The van der Waals surface area contributed by atoms with Gasteiger partial charge in [0.15, 0.2) is 23.3 Å². The van der Waals surface area contributed by atoms with Crippen LogP contribution in [0, 0.1) is 23.3 Å². The molecular weight excluding hydrogens is 220 g/mol. The summed E-state index contributed by atoms with van der Waals surface area (Å²) < 4.78 is 51.6. The largest absolute Gasteiger partial charge is 0.391 e. The molecule has 14 heavy (non-hydrogen) atoms. The number of halogens is 4. The minimum absolute atomic E-state index is 0.498. The summed E-state index contributed by atoms with van der Waals surface area (Å²) >= 11 is 4.19. The summed E-state index contributed by atoms with van der Waals surface area (Å²) in [6.07, 6.45) is 0. The van der Waals surface area contributed by atoms with Crippen LogP contribution in [0.4, 0.5) is 17.6 Å². The molecule has 0 fully saturated rings. The summed E-state index contributed by atoms with van der Waals surface area (Å²) in [7, 11) is 0. The molecule has 6 heteroatoms. The predicted molar refractivity (Wildman–Crippen MR) is 45.0 cm³/mol. The van der Waals surface area contributed by atoms with Crippen molar-refractivity contribution in [3.05, 3.63) is 34.4 Å². The number of hydrogen-bond donors (Lipinski definition) is 1. The highest BCUT2D eigenvalue weighted by Crippen LogP contribution is 2.22. The van der Waals surface area contributed by atoms with Gasteiger partial charge in [-0.2, -0.15) is 0 Å². The Balaban J connectivity index is 3.63. The summed E-state index contributed by atoms with van der Waals surface area (Å²) in [5.41, 5.74) is -1.99. The van der Waals surface area contributed by atoms with Gasteiger partial charge in [0, 0.05) is 5.37 Å². The molecular formula is C8H4F4OS. The Bertz CT molecular complexity index is 362. The van der Waals surface area contributed by atoms with Gasteiger partial charge < -0.3 is 5.11 Å². The third kappa shape index (κ3) is 1.51. The third-order valence-corrected chi connectivity index (χ3v) is 1.90. The molecule has 1 aromatic rings. The lowest BCUT2D eigenvalue weighted by Crippen LogP contribution is -2.07. The van der Waals surface area contributed by atoms with E-state index in [1.807, 2.05) is 0 Å². The van der Waals surface area contributed by atoms with Gasteiger partial charge in [-0.05, 0) is 0 Å². The maximum absolute atomic E-state index is 12.9. The quantitative estimate of drug-likeness (QED) is 0.471. The zero-order valence-electron chi connectivity index (χ0n) is 6.65. The predicted octanol–water partition coefficient (Wildman–Crippen LogP) is 2.08. The molecule has 0 radical (unpaired) electrons. The van der Waals surface area contributed by atoms with Crippen molar-refractivity contribution in [1.82, 2.24) is 0 Å².